The van der Waals surface area contributed by atoms with E-state index in [9.17, 15) is 9.90 Å². The molecule has 4 heteroatoms. The van der Waals surface area contributed by atoms with Crippen LogP contribution in [0.4, 0.5) is 0 Å². The number of aliphatic hydroxyl groups is 1. The van der Waals surface area contributed by atoms with Crippen LogP contribution in [0.15, 0.2) is 91.0 Å². The van der Waals surface area contributed by atoms with E-state index in [4.69, 9.17) is 4.74 Å². The third-order valence-electron chi connectivity index (χ3n) is 9.08. The molecule has 46 heavy (non-hydrogen) atoms. The van der Waals surface area contributed by atoms with Crippen molar-refractivity contribution in [2.45, 2.75) is 134 Å². The van der Waals surface area contributed by atoms with Crippen molar-refractivity contribution in [3.8, 4) is 0 Å². The summed E-state index contributed by atoms with van der Waals surface area (Å²) in [7, 11) is 0. The molecule has 0 saturated carbocycles. The molecule has 0 aromatic heterocycles. The first-order chi connectivity index (χ1) is 22.7. The third kappa shape index (κ3) is 13.8. The Morgan fingerprint density at radius 2 is 0.935 bits per heavy atom. The molecule has 0 aliphatic rings. The topological polar surface area (TPSA) is 58.6 Å². The SMILES string of the molecule is CCCCCCCCCCCCCCCCCCCC(=O)NCC(O)COC(c1ccccc1)(c1ccccc1)c1ccccc1. The summed E-state index contributed by atoms with van der Waals surface area (Å²) in [5, 5.41) is 13.8. The van der Waals surface area contributed by atoms with Crippen LogP contribution >= 0.6 is 0 Å². The fourth-order valence-corrected chi connectivity index (χ4v) is 6.38. The predicted octanol–water partition coefficient (Wildman–Crippen LogP) is 10.5. The first kappa shape index (κ1) is 37.5. The van der Waals surface area contributed by atoms with Gasteiger partial charge in [0.25, 0.3) is 0 Å². The largest absolute Gasteiger partial charge is 0.389 e. The van der Waals surface area contributed by atoms with Gasteiger partial charge in [-0.05, 0) is 23.1 Å². The number of hydrogen-bond donors (Lipinski definition) is 2. The molecule has 0 saturated heterocycles. The van der Waals surface area contributed by atoms with E-state index in [1.54, 1.807) is 0 Å². The molecule has 2 N–H and O–H groups in total. The molecule has 0 radical (unpaired) electrons. The molecule has 0 heterocycles. The van der Waals surface area contributed by atoms with Crippen molar-refractivity contribution in [1.82, 2.24) is 5.32 Å². The molecule has 3 aromatic carbocycles. The molecule has 1 amide bonds. The fourth-order valence-electron chi connectivity index (χ4n) is 6.38. The Labute approximate surface area is 280 Å². The monoisotopic (exact) mass is 627 g/mol. The van der Waals surface area contributed by atoms with E-state index in [2.05, 4.69) is 48.6 Å². The van der Waals surface area contributed by atoms with Gasteiger partial charge in [0, 0.05) is 13.0 Å². The van der Waals surface area contributed by atoms with Crippen LogP contribution in [0.1, 0.15) is 139 Å². The highest BCUT2D eigenvalue weighted by Crippen LogP contribution is 2.40. The molecule has 0 spiro atoms. The maximum atomic E-state index is 12.5. The first-order valence-electron chi connectivity index (χ1n) is 18.4. The predicted molar refractivity (Wildman–Crippen MR) is 193 cm³/mol. The minimum absolute atomic E-state index is 0.000417. The van der Waals surface area contributed by atoms with Crippen LogP contribution in [0.5, 0.6) is 0 Å². The minimum Gasteiger partial charge on any atom is -0.389 e. The number of unbranched alkanes of at least 4 members (excludes halogenated alkanes) is 16. The summed E-state index contributed by atoms with van der Waals surface area (Å²) in [5.74, 6) is 0.000417. The summed E-state index contributed by atoms with van der Waals surface area (Å²) in [6.07, 6.45) is 22.2. The summed E-state index contributed by atoms with van der Waals surface area (Å²) in [6.45, 7) is 2.54. The second-order valence-corrected chi connectivity index (χ2v) is 13.0. The third-order valence-corrected chi connectivity index (χ3v) is 9.08. The quantitative estimate of drug-likeness (QED) is 0.0688. The van der Waals surface area contributed by atoms with Crippen molar-refractivity contribution >= 4 is 5.91 Å². The average Bonchev–Trinajstić information content (AvgIpc) is 3.10. The Morgan fingerprint density at radius 3 is 1.30 bits per heavy atom. The van der Waals surface area contributed by atoms with Crippen LogP contribution in [0.2, 0.25) is 0 Å². The fraction of sp³-hybridized carbons (Fsp3) is 0.548. The zero-order valence-electron chi connectivity index (χ0n) is 28.6. The van der Waals surface area contributed by atoms with Crippen molar-refractivity contribution in [3.05, 3.63) is 108 Å². The minimum atomic E-state index is -0.887. The highest BCUT2D eigenvalue weighted by molar-refractivity contribution is 5.75. The van der Waals surface area contributed by atoms with E-state index in [1.807, 2.05) is 54.6 Å². The molecule has 3 rings (SSSR count). The van der Waals surface area contributed by atoms with Gasteiger partial charge in [0.2, 0.25) is 5.91 Å². The van der Waals surface area contributed by atoms with Gasteiger partial charge in [0.05, 0.1) is 12.7 Å². The van der Waals surface area contributed by atoms with Gasteiger partial charge in [-0.15, -0.1) is 0 Å². The Morgan fingerprint density at radius 1 is 0.587 bits per heavy atom. The van der Waals surface area contributed by atoms with Gasteiger partial charge in [-0.2, -0.15) is 0 Å². The van der Waals surface area contributed by atoms with E-state index >= 15 is 0 Å². The van der Waals surface area contributed by atoms with Crippen LogP contribution in [0.3, 0.4) is 0 Å². The second kappa shape index (κ2) is 23.4. The van der Waals surface area contributed by atoms with Crippen LogP contribution in [-0.4, -0.2) is 30.3 Å². The summed E-state index contributed by atoms with van der Waals surface area (Å²) in [4.78, 5) is 12.5. The number of amides is 1. The van der Waals surface area contributed by atoms with Crippen molar-refractivity contribution in [2.75, 3.05) is 13.2 Å². The Kier molecular flexibility index (Phi) is 19.1. The van der Waals surface area contributed by atoms with Crippen LogP contribution in [0.25, 0.3) is 0 Å². The number of ether oxygens (including phenoxy) is 1. The molecule has 0 bridgehead atoms. The molecule has 3 aromatic rings. The maximum absolute atomic E-state index is 12.5. The lowest BCUT2D eigenvalue weighted by Gasteiger charge is -2.36. The van der Waals surface area contributed by atoms with E-state index in [-0.39, 0.29) is 19.1 Å². The van der Waals surface area contributed by atoms with Crippen LogP contribution in [-0.2, 0) is 15.1 Å². The molecule has 0 fully saturated rings. The average molecular weight is 628 g/mol. The van der Waals surface area contributed by atoms with Crippen molar-refractivity contribution in [3.63, 3.8) is 0 Å². The molecule has 1 atom stereocenters. The van der Waals surface area contributed by atoms with Crippen LogP contribution < -0.4 is 5.32 Å². The Hall–Kier alpha value is -2.95. The molecular weight excluding hydrogens is 566 g/mol. The van der Waals surface area contributed by atoms with Gasteiger partial charge in [0.1, 0.15) is 5.60 Å². The van der Waals surface area contributed by atoms with Gasteiger partial charge < -0.3 is 15.2 Å². The molecule has 1 unspecified atom stereocenters. The van der Waals surface area contributed by atoms with Gasteiger partial charge in [0.15, 0.2) is 0 Å². The van der Waals surface area contributed by atoms with Crippen molar-refractivity contribution in [2.24, 2.45) is 0 Å². The number of carbonyl (C=O) groups is 1. The van der Waals surface area contributed by atoms with Crippen molar-refractivity contribution < 1.29 is 14.6 Å². The zero-order chi connectivity index (χ0) is 32.5. The molecule has 0 aliphatic carbocycles. The number of nitrogens with one attached hydrogen (secondary N) is 1. The van der Waals surface area contributed by atoms with Gasteiger partial charge in [-0.3, -0.25) is 4.79 Å². The normalized spacial score (nSPS) is 12.2. The Balaban J connectivity index is 1.29. The maximum Gasteiger partial charge on any atom is 0.220 e. The number of hydrogen-bond acceptors (Lipinski definition) is 3. The number of aliphatic hydroxyl groups excluding tert-OH is 1. The number of rotatable bonds is 26. The van der Waals surface area contributed by atoms with E-state index < -0.39 is 11.7 Å². The van der Waals surface area contributed by atoms with E-state index in [1.165, 1.54) is 96.3 Å². The first-order valence-corrected chi connectivity index (χ1v) is 18.4. The van der Waals surface area contributed by atoms with Gasteiger partial charge in [-0.1, -0.05) is 201 Å². The smallest absolute Gasteiger partial charge is 0.220 e. The van der Waals surface area contributed by atoms with Gasteiger partial charge >= 0.3 is 0 Å². The highest BCUT2D eigenvalue weighted by atomic mass is 16.5. The Bertz CT molecular complexity index is 1050. The molecule has 252 valence electrons. The lowest BCUT2D eigenvalue weighted by Crippen LogP contribution is -2.39. The van der Waals surface area contributed by atoms with Gasteiger partial charge in [-0.25, -0.2) is 0 Å². The number of benzene rings is 3. The summed E-state index contributed by atoms with van der Waals surface area (Å²) < 4.78 is 6.68. The molecular formula is C42H61NO3. The van der Waals surface area contributed by atoms with E-state index in [0.29, 0.717) is 6.42 Å². The number of carbonyl (C=O) groups excluding carboxylic acids is 1. The van der Waals surface area contributed by atoms with E-state index in [0.717, 1.165) is 29.5 Å². The molecule has 0 aliphatic heterocycles. The van der Waals surface area contributed by atoms with Crippen molar-refractivity contribution in [1.29, 1.82) is 0 Å². The summed E-state index contributed by atoms with van der Waals surface area (Å²) in [5.41, 5.74) is 2.08. The summed E-state index contributed by atoms with van der Waals surface area (Å²) in [6, 6.07) is 30.4. The zero-order valence-corrected chi connectivity index (χ0v) is 28.6. The second-order valence-electron chi connectivity index (χ2n) is 13.0. The molecule has 4 nitrogen and oxygen atoms in total. The lowest BCUT2D eigenvalue weighted by molar-refractivity contribution is -0.122. The highest BCUT2D eigenvalue weighted by Gasteiger charge is 2.38. The standard InChI is InChI=1S/C42H61NO3/c1-2-3-4-5-6-7-8-9-10-11-12-13-14-15-16-17-27-34-41(45)43-35-40(44)36-46-42(37-28-21-18-22-29-37,38-30-23-19-24-31-38)39-32-25-20-26-33-39/h18-26,28-33,40,44H,2-17,27,34-36H2,1H3,(H,43,45). The summed E-state index contributed by atoms with van der Waals surface area (Å²) >= 11 is 0. The van der Waals surface area contributed by atoms with Crippen LogP contribution in [0, 0.1) is 0 Å². The lowest BCUT2D eigenvalue weighted by atomic mass is 9.80.